The lowest BCUT2D eigenvalue weighted by molar-refractivity contribution is 0.223. The van der Waals surface area contributed by atoms with E-state index in [1.54, 1.807) is 21.9 Å². The Labute approximate surface area is 102 Å². The molecule has 86 valence electrons. The van der Waals surface area contributed by atoms with E-state index in [1.165, 1.54) is 12.1 Å². The second kappa shape index (κ2) is 4.82. The Balaban J connectivity index is 2.12. The van der Waals surface area contributed by atoms with Gasteiger partial charge in [-0.3, -0.25) is 4.90 Å². The summed E-state index contributed by atoms with van der Waals surface area (Å²) in [5.41, 5.74) is 0.753. The molecule has 1 fully saturated rings. The van der Waals surface area contributed by atoms with Crippen molar-refractivity contribution < 1.29 is 9.18 Å². The molecule has 0 N–H and O–H groups in total. The molecule has 1 aromatic rings. The number of hydrogen-bond acceptors (Lipinski definition) is 1. The highest BCUT2D eigenvalue weighted by molar-refractivity contribution is 9.09. The zero-order valence-corrected chi connectivity index (χ0v) is 10.3. The Kier molecular flexibility index (Phi) is 3.43. The lowest BCUT2D eigenvalue weighted by Crippen LogP contribution is -2.32. The summed E-state index contributed by atoms with van der Waals surface area (Å²) in [5, 5.41) is 0.774. The van der Waals surface area contributed by atoms with E-state index < -0.39 is 0 Å². The summed E-state index contributed by atoms with van der Waals surface area (Å²) in [7, 11) is 0. The van der Waals surface area contributed by atoms with E-state index in [0.717, 1.165) is 17.6 Å². The van der Waals surface area contributed by atoms with Crippen LogP contribution in [0.4, 0.5) is 14.9 Å². The van der Waals surface area contributed by atoms with Crippen LogP contribution in [0.5, 0.6) is 0 Å². The number of carbonyl (C=O) groups excluding carboxylic acids is 1. The third-order valence-electron chi connectivity index (χ3n) is 2.59. The van der Waals surface area contributed by atoms with Gasteiger partial charge in [-0.2, -0.15) is 0 Å². The van der Waals surface area contributed by atoms with Gasteiger partial charge in [-0.25, -0.2) is 9.18 Å². The van der Waals surface area contributed by atoms with Crippen molar-refractivity contribution in [1.82, 2.24) is 4.90 Å². The van der Waals surface area contributed by atoms with Crippen LogP contribution < -0.4 is 4.90 Å². The standard InChI is InChI=1S/C11H12BrFN2O/c12-5-6-14-7-8-15(11(14)16)10-3-1-9(13)2-4-10/h1-4H,5-8H2. The third kappa shape index (κ3) is 2.19. The van der Waals surface area contributed by atoms with E-state index in [-0.39, 0.29) is 11.8 Å². The van der Waals surface area contributed by atoms with E-state index in [1.807, 2.05) is 0 Å². The minimum atomic E-state index is -0.285. The van der Waals surface area contributed by atoms with Crippen molar-refractivity contribution in [2.45, 2.75) is 0 Å². The topological polar surface area (TPSA) is 23.6 Å². The first-order valence-corrected chi connectivity index (χ1v) is 6.22. The molecule has 1 aliphatic rings. The lowest BCUT2D eigenvalue weighted by atomic mass is 10.3. The van der Waals surface area contributed by atoms with Crippen molar-refractivity contribution in [3.63, 3.8) is 0 Å². The van der Waals surface area contributed by atoms with Crippen LogP contribution in [0.25, 0.3) is 0 Å². The summed E-state index contributed by atoms with van der Waals surface area (Å²) in [6.07, 6.45) is 0. The van der Waals surface area contributed by atoms with Crippen LogP contribution in [0.3, 0.4) is 0 Å². The monoisotopic (exact) mass is 286 g/mol. The van der Waals surface area contributed by atoms with Crippen molar-refractivity contribution in [3.05, 3.63) is 30.1 Å². The molecule has 0 unspecified atom stereocenters. The largest absolute Gasteiger partial charge is 0.324 e. The molecule has 5 heteroatoms. The summed E-state index contributed by atoms with van der Waals surface area (Å²) < 4.78 is 12.7. The summed E-state index contributed by atoms with van der Waals surface area (Å²) in [6.45, 7) is 2.09. The van der Waals surface area contributed by atoms with Crippen molar-refractivity contribution in [2.75, 3.05) is 29.9 Å². The smallest absolute Gasteiger partial charge is 0.322 e. The van der Waals surface area contributed by atoms with Crippen LogP contribution in [0.15, 0.2) is 24.3 Å². The van der Waals surface area contributed by atoms with E-state index in [4.69, 9.17) is 0 Å². The van der Waals surface area contributed by atoms with Crippen LogP contribution in [0.1, 0.15) is 0 Å². The predicted octanol–water partition coefficient (Wildman–Crippen LogP) is 2.46. The van der Waals surface area contributed by atoms with Gasteiger partial charge < -0.3 is 4.90 Å². The number of carbonyl (C=O) groups is 1. The average molecular weight is 287 g/mol. The Morgan fingerprint density at radius 1 is 1.25 bits per heavy atom. The second-order valence-corrected chi connectivity index (χ2v) is 4.38. The Hall–Kier alpha value is -1.10. The van der Waals surface area contributed by atoms with Gasteiger partial charge in [0.05, 0.1) is 0 Å². The van der Waals surface area contributed by atoms with Crippen LogP contribution >= 0.6 is 15.9 Å². The molecule has 3 nitrogen and oxygen atoms in total. The zero-order chi connectivity index (χ0) is 11.5. The van der Waals surface area contributed by atoms with E-state index >= 15 is 0 Å². The number of anilines is 1. The predicted molar refractivity (Wildman–Crippen MR) is 64.5 cm³/mol. The molecule has 0 aromatic heterocycles. The molecule has 0 aliphatic carbocycles. The Morgan fingerprint density at radius 3 is 2.56 bits per heavy atom. The van der Waals surface area contributed by atoms with E-state index in [9.17, 15) is 9.18 Å². The first-order valence-electron chi connectivity index (χ1n) is 5.10. The molecular formula is C11H12BrFN2O. The van der Waals surface area contributed by atoms with Gasteiger partial charge >= 0.3 is 6.03 Å². The highest BCUT2D eigenvalue weighted by Crippen LogP contribution is 2.20. The fourth-order valence-electron chi connectivity index (χ4n) is 1.75. The van der Waals surface area contributed by atoms with E-state index in [2.05, 4.69) is 15.9 Å². The van der Waals surface area contributed by atoms with Gasteiger partial charge in [0.25, 0.3) is 0 Å². The SMILES string of the molecule is O=C1N(CCBr)CCN1c1ccc(F)cc1. The maximum atomic E-state index is 12.7. The minimum absolute atomic E-state index is 0.00828. The fourth-order valence-corrected chi connectivity index (χ4v) is 2.18. The lowest BCUT2D eigenvalue weighted by Gasteiger charge is -2.17. The minimum Gasteiger partial charge on any atom is -0.322 e. The van der Waals surface area contributed by atoms with Crippen LogP contribution in [-0.4, -0.2) is 35.9 Å². The van der Waals surface area contributed by atoms with Crippen molar-refractivity contribution in [2.24, 2.45) is 0 Å². The number of halogens is 2. The highest BCUT2D eigenvalue weighted by Gasteiger charge is 2.28. The maximum Gasteiger partial charge on any atom is 0.324 e. The molecule has 0 bridgehead atoms. The number of benzene rings is 1. The van der Waals surface area contributed by atoms with Crippen molar-refractivity contribution >= 4 is 27.6 Å². The van der Waals surface area contributed by atoms with Gasteiger partial charge in [-0.15, -0.1) is 0 Å². The molecule has 1 saturated heterocycles. The summed E-state index contributed by atoms with van der Waals surface area (Å²) in [4.78, 5) is 15.4. The summed E-state index contributed by atoms with van der Waals surface area (Å²) >= 11 is 3.31. The fraction of sp³-hybridized carbons (Fsp3) is 0.364. The molecule has 0 radical (unpaired) electrons. The first kappa shape index (κ1) is 11.4. The molecule has 16 heavy (non-hydrogen) atoms. The zero-order valence-electron chi connectivity index (χ0n) is 8.70. The van der Waals surface area contributed by atoms with Crippen LogP contribution in [0.2, 0.25) is 0 Å². The molecule has 0 saturated carbocycles. The van der Waals surface area contributed by atoms with Crippen molar-refractivity contribution in [1.29, 1.82) is 0 Å². The average Bonchev–Trinajstić information content (AvgIpc) is 2.63. The number of urea groups is 1. The third-order valence-corrected chi connectivity index (χ3v) is 2.94. The van der Waals surface area contributed by atoms with Gasteiger partial charge in [-0.1, -0.05) is 15.9 Å². The van der Waals surface area contributed by atoms with Gasteiger partial charge in [-0.05, 0) is 24.3 Å². The summed E-state index contributed by atoms with van der Waals surface area (Å²) in [6, 6.07) is 5.99. The summed E-state index contributed by atoms with van der Waals surface area (Å²) in [5.74, 6) is -0.285. The highest BCUT2D eigenvalue weighted by atomic mass is 79.9. The van der Waals surface area contributed by atoms with Crippen LogP contribution in [-0.2, 0) is 0 Å². The molecular weight excluding hydrogens is 275 g/mol. The Morgan fingerprint density at radius 2 is 1.94 bits per heavy atom. The first-order chi connectivity index (χ1) is 7.72. The maximum absolute atomic E-state index is 12.7. The number of rotatable bonds is 3. The van der Waals surface area contributed by atoms with E-state index in [0.29, 0.717) is 13.1 Å². The Bertz CT molecular complexity index is 382. The quantitative estimate of drug-likeness (QED) is 0.783. The van der Waals surface area contributed by atoms with Crippen LogP contribution in [0, 0.1) is 5.82 Å². The molecule has 2 amide bonds. The second-order valence-electron chi connectivity index (χ2n) is 3.59. The number of amides is 2. The van der Waals surface area contributed by atoms with Crippen molar-refractivity contribution in [3.8, 4) is 0 Å². The van der Waals surface area contributed by atoms with Gasteiger partial charge in [0.1, 0.15) is 5.82 Å². The molecule has 0 spiro atoms. The normalized spacial score (nSPS) is 16.0. The number of alkyl halides is 1. The van der Waals surface area contributed by atoms with Gasteiger partial charge in [0, 0.05) is 30.7 Å². The molecule has 2 rings (SSSR count). The van der Waals surface area contributed by atoms with Gasteiger partial charge in [0.2, 0.25) is 0 Å². The molecule has 0 atom stereocenters. The molecule has 1 aromatic carbocycles. The molecule has 1 heterocycles. The van der Waals surface area contributed by atoms with Gasteiger partial charge in [0.15, 0.2) is 0 Å². The number of hydrogen-bond donors (Lipinski definition) is 0. The molecule has 1 aliphatic heterocycles. The number of nitrogens with zero attached hydrogens (tertiary/aromatic N) is 2.